The van der Waals surface area contributed by atoms with E-state index < -0.39 is 0 Å². The molecule has 0 aromatic carbocycles. The first kappa shape index (κ1) is 51.9. The lowest BCUT2D eigenvalue weighted by Crippen LogP contribution is -2.43. The summed E-state index contributed by atoms with van der Waals surface area (Å²) in [7, 11) is 0. The van der Waals surface area contributed by atoms with Crippen molar-refractivity contribution in [3.63, 3.8) is 0 Å². The number of carbonyl (C=O) groups is 2. The molecule has 0 bridgehead atoms. The summed E-state index contributed by atoms with van der Waals surface area (Å²) in [5.41, 5.74) is 0. The molecule has 1 N–H and O–H groups in total. The van der Waals surface area contributed by atoms with E-state index in [2.05, 4.69) is 25.7 Å². The fourth-order valence-electron chi connectivity index (χ4n) is 8.00. The summed E-state index contributed by atoms with van der Waals surface area (Å²) in [5, 5.41) is 9.67. The Labute approximate surface area is 331 Å². The summed E-state index contributed by atoms with van der Waals surface area (Å²) in [6.45, 7) is 13.4. The van der Waals surface area contributed by atoms with Gasteiger partial charge >= 0.3 is 11.9 Å². The summed E-state index contributed by atoms with van der Waals surface area (Å²) in [6.07, 6.45) is 38.5. The van der Waals surface area contributed by atoms with E-state index in [9.17, 15) is 14.7 Å². The molecule has 316 valence electrons. The number of likely N-dealkylation sites (tertiary alicyclic amines) is 1. The predicted octanol–water partition coefficient (Wildman–Crippen LogP) is 13.7. The van der Waals surface area contributed by atoms with Gasteiger partial charge < -0.3 is 14.6 Å². The Bertz CT molecular complexity index is 760. The maximum absolute atomic E-state index is 12.9. The monoisotopic (exact) mass is 752 g/mol. The van der Waals surface area contributed by atoms with Crippen molar-refractivity contribution in [1.29, 1.82) is 0 Å². The molecule has 1 saturated heterocycles. The first-order valence-electron chi connectivity index (χ1n) is 23.7. The fourth-order valence-corrected chi connectivity index (χ4v) is 8.00. The minimum absolute atomic E-state index is 0.0223. The Hall–Kier alpha value is -1.14. The molecule has 0 amide bonds. The molecular weight excluding hydrogens is 659 g/mol. The van der Waals surface area contributed by atoms with Crippen LogP contribution >= 0.6 is 0 Å². The molecule has 0 aliphatic carbocycles. The van der Waals surface area contributed by atoms with E-state index in [1.165, 1.54) is 148 Å². The molecule has 6 nitrogen and oxygen atoms in total. The molecule has 1 aliphatic heterocycles. The topological polar surface area (TPSA) is 76.1 Å². The number of ether oxygens (including phenoxy) is 2. The van der Waals surface area contributed by atoms with Gasteiger partial charge in [0.15, 0.2) is 0 Å². The number of β-amino-alcohol motifs (C(OH)–C–C–N with tert-alkyl or cyclic N) is 1. The second-order valence-electron chi connectivity index (χ2n) is 16.1. The number of nitrogens with zero attached hydrogens (tertiary/aromatic N) is 1. The normalized spacial score (nSPS) is 16.1. The Morgan fingerprint density at radius 3 is 1.66 bits per heavy atom. The average Bonchev–Trinajstić information content (AvgIpc) is 3.17. The molecule has 0 saturated carbocycles. The zero-order chi connectivity index (χ0) is 39.0. The highest BCUT2D eigenvalue weighted by molar-refractivity contribution is 5.69. The molecule has 0 radical (unpaired) electrons. The number of piperidine rings is 1. The molecule has 0 aromatic rings. The molecule has 2 atom stereocenters. The van der Waals surface area contributed by atoms with Crippen LogP contribution in [0, 0.1) is 5.92 Å². The van der Waals surface area contributed by atoms with Crippen LogP contribution in [0.5, 0.6) is 0 Å². The molecule has 0 aromatic heterocycles. The molecule has 1 aliphatic rings. The lowest BCUT2D eigenvalue weighted by molar-refractivity contribution is -0.150. The molecule has 0 spiro atoms. The van der Waals surface area contributed by atoms with Gasteiger partial charge in [-0.05, 0) is 76.7 Å². The smallest absolute Gasteiger partial charge is 0.306 e. The lowest BCUT2D eigenvalue weighted by atomic mass is 9.85. The quantitative estimate of drug-likeness (QED) is 0.0503. The van der Waals surface area contributed by atoms with E-state index in [1.54, 1.807) is 0 Å². The van der Waals surface area contributed by atoms with E-state index in [0.29, 0.717) is 31.4 Å². The Morgan fingerprint density at radius 2 is 1.08 bits per heavy atom. The van der Waals surface area contributed by atoms with Gasteiger partial charge in [-0.3, -0.25) is 14.5 Å². The number of esters is 2. The van der Waals surface area contributed by atoms with E-state index >= 15 is 0 Å². The van der Waals surface area contributed by atoms with Crippen LogP contribution in [-0.2, 0) is 19.1 Å². The Balaban J connectivity index is 0.0000133. The summed E-state index contributed by atoms with van der Waals surface area (Å²) >= 11 is 0. The van der Waals surface area contributed by atoms with Crippen LogP contribution in [0.15, 0.2) is 0 Å². The van der Waals surface area contributed by atoms with Crippen LogP contribution < -0.4 is 0 Å². The SMILES string of the molecule is CC.CCCCCCCCCOC(=O)CCCCCCC1CC(CCCCC(=O)OC(CCCCCCCC)CCCCCCCC)CCN1CCO. The third kappa shape index (κ3) is 32.8. The predicted molar refractivity (Wildman–Crippen MR) is 228 cm³/mol. The van der Waals surface area contributed by atoms with Gasteiger partial charge in [-0.2, -0.15) is 0 Å². The molecule has 1 fully saturated rings. The highest BCUT2D eigenvalue weighted by Crippen LogP contribution is 2.30. The van der Waals surface area contributed by atoms with Crippen molar-refractivity contribution in [2.24, 2.45) is 5.92 Å². The molecule has 53 heavy (non-hydrogen) atoms. The first-order valence-corrected chi connectivity index (χ1v) is 23.7. The Kier molecular flexibility index (Phi) is 39.6. The molecular formula is C47H93NO5. The summed E-state index contributed by atoms with van der Waals surface area (Å²) < 4.78 is 11.5. The number of carbonyl (C=O) groups excluding carboxylic acids is 2. The van der Waals surface area contributed by atoms with Crippen LogP contribution in [0.2, 0.25) is 0 Å². The number of aliphatic hydroxyl groups is 1. The van der Waals surface area contributed by atoms with Crippen LogP contribution in [0.3, 0.4) is 0 Å². The molecule has 2 unspecified atom stereocenters. The number of aliphatic hydroxyl groups excluding tert-OH is 1. The zero-order valence-electron chi connectivity index (χ0n) is 36.4. The van der Waals surface area contributed by atoms with Crippen molar-refractivity contribution >= 4 is 11.9 Å². The summed E-state index contributed by atoms with van der Waals surface area (Å²) in [5.74, 6) is 0.703. The summed E-state index contributed by atoms with van der Waals surface area (Å²) in [6, 6.07) is 0.539. The average molecular weight is 752 g/mol. The number of hydrogen-bond donors (Lipinski definition) is 1. The molecule has 6 heteroatoms. The van der Waals surface area contributed by atoms with E-state index in [4.69, 9.17) is 9.47 Å². The van der Waals surface area contributed by atoms with Gasteiger partial charge in [-0.1, -0.05) is 169 Å². The summed E-state index contributed by atoms with van der Waals surface area (Å²) in [4.78, 5) is 27.5. The van der Waals surface area contributed by atoms with Crippen LogP contribution in [-0.4, -0.2) is 60.4 Å². The third-order valence-corrected chi connectivity index (χ3v) is 11.3. The Morgan fingerprint density at radius 1 is 0.604 bits per heavy atom. The van der Waals surface area contributed by atoms with Crippen molar-refractivity contribution in [3.05, 3.63) is 0 Å². The van der Waals surface area contributed by atoms with Gasteiger partial charge in [-0.25, -0.2) is 0 Å². The number of unbranched alkanes of at least 4 members (excludes halogenated alkanes) is 20. The van der Waals surface area contributed by atoms with Gasteiger partial charge in [0.2, 0.25) is 0 Å². The third-order valence-electron chi connectivity index (χ3n) is 11.3. The fraction of sp³-hybridized carbons (Fsp3) is 0.957. The van der Waals surface area contributed by atoms with E-state index in [-0.39, 0.29) is 24.6 Å². The zero-order valence-corrected chi connectivity index (χ0v) is 36.4. The number of rotatable bonds is 37. The van der Waals surface area contributed by atoms with Gasteiger partial charge in [0.25, 0.3) is 0 Å². The molecule has 1 rings (SSSR count). The van der Waals surface area contributed by atoms with Gasteiger partial charge in [-0.15, -0.1) is 0 Å². The first-order chi connectivity index (χ1) is 26.0. The van der Waals surface area contributed by atoms with Crippen LogP contribution in [0.1, 0.15) is 247 Å². The highest BCUT2D eigenvalue weighted by Gasteiger charge is 2.27. The maximum atomic E-state index is 12.9. The van der Waals surface area contributed by atoms with Crippen molar-refractivity contribution in [2.45, 2.75) is 259 Å². The lowest BCUT2D eigenvalue weighted by Gasteiger charge is -2.39. The van der Waals surface area contributed by atoms with Crippen molar-refractivity contribution < 1.29 is 24.2 Å². The minimum atomic E-state index is -0.0281. The van der Waals surface area contributed by atoms with E-state index in [0.717, 1.165) is 64.5 Å². The number of hydrogen-bond acceptors (Lipinski definition) is 6. The van der Waals surface area contributed by atoms with Crippen LogP contribution in [0.25, 0.3) is 0 Å². The standard InChI is InChI=1S/C45H87NO5.C2H6/c1-4-7-10-13-16-21-28-39-50-44(48)33-25-20-19-22-30-42-40-41(35-36-46(42)37-38-47)29-26-27-34-45(49)51-43(31-23-17-14-11-8-5-2)32-24-18-15-12-9-6-3;1-2/h41-43,47H,4-40H2,1-3H3;1-2H3. The van der Waals surface area contributed by atoms with Crippen molar-refractivity contribution in [1.82, 2.24) is 4.90 Å². The second kappa shape index (κ2) is 40.5. The van der Waals surface area contributed by atoms with Gasteiger partial charge in [0.1, 0.15) is 6.10 Å². The highest BCUT2D eigenvalue weighted by atomic mass is 16.5. The maximum Gasteiger partial charge on any atom is 0.306 e. The largest absolute Gasteiger partial charge is 0.466 e. The minimum Gasteiger partial charge on any atom is -0.466 e. The van der Waals surface area contributed by atoms with Gasteiger partial charge in [0.05, 0.1) is 13.2 Å². The van der Waals surface area contributed by atoms with Gasteiger partial charge in [0, 0.05) is 25.4 Å². The van der Waals surface area contributed by atoms with Crippen molar-refractivity contribution in [2.75, 3.05) is 26.3 Å². The molecule has 1 heterocycles. The second-order valence-corrected chi connectivity index (χ2v) is 16.1. The van der Waals surface area contributed by atoms with Crippen LogP contribution in [0.4, 0.5) is 0 Å². The van der Waals surface area contributed by atoms with E-state index in [1.807, 2.05) is 13.8 Å². The van der Waals surface area contributed by atoms with Crippen molar-refractivity contribution in [3.8, 4) is 0 Å².